The van der Waals surface area contributed by atoms with Crippen molar-refractivity contribution in [1.82, 2.24) is 9.80 Å². The van der Waals surface area contributed by atoms with Crippen LogP contribution in [0.25, 0.3) is 0 Å². The summed E-state index contributed by atoms with van der Waals surface area (Å²) < 4.78 is 0. The molecule has 17 heavy (non-hydrogen) atoms. The third-order valence-corrected chi connectivity index (χ3v) is 4.93. The summed E-state index contributed by atoms with van der Waals surface area (Å²) in [6.07, 6.45) is 9.76. The Balaban J connectivity index is 1.43. The zero-order valence-corrected chi connectivity index (χ0v) is 11.0. The van der Waals surface area contributed by atoms with Crippen molar-refractivity contribution < 1.29 is 0 Å². The number of piperazine rings is 1. The molecule has 1 aliphatic heterocycles. The first kappa shape index (κ1) is 11.9. The van der Waals surface area contributed by atoms with Gasteiger partial charge in [0.15, 0.2) is 0 Å². The Morgan fingerprint density at radius 3 is 2.18 bits per heavy atom. The van der Waals surface area contributed by atoms with E-state index in [-0.39, 0.29) is 5.54 Å². The molecule has 98 valence electrons. The predicted octanol–water partition coefficient (Wildman–Crippen LogP) is 1.43. The van der Waals surface area contributed by atoms with Gasteiger partial charge in [-0.15, -0.1) is 0 Å². The van der Waals surface area contributed by atoms with Gasteiger partial charge in [0.05, 0.1) is 0 Å². The van der Waals surface area contributed by atoms with Gasteiger partial charge in [0.25, 0.3) is 0 Å². The van der Waals surface area contributed by atoms with Crippen molar-refractivity contribution in [3.8, 4) is 0 Å². The molecule has 0 radical (unpaired) electrons. The third kappa shape index (κ3) is 3.01. The third-order valence-electron chi connectivity index (χ3n) is 4.93. The van der Waals surface area contributed by atoms with Crippen LogP contribution in [0.3, 0.4) is 0 Å². The summed E-state index contributed by atoms with van der Waals surface area (Å²) in [5.74, 6) is 0. The fourth-order valence-electron chi connectivity index (χ4n) is 3.50. The molecule has 2 aliphatic carbocycles. The smallest absolute Gasteiger partial charge is 0.0284 e. The quantitative estimate of drug-likeness (QED) is 0.806. The van der Waals surface area contributed by atoms with Crippen LogP contribution in [0.4, 0.5) is 0 Å². The van der Waals surface area contributed by atoms with Gasteiger partial charge in [-0.2, -0.15) is 0 Å². The van der Waals surface area contributed by atoms with Crippen molar-refractivity contribution in [3.63, 3.8) is 0 Å². The Kier molecular flexibility index (Phi) is 3.42. The molecule has 3 nitrogen and oxygen atoms in total. The van der Waals surface area contributed by atoms with Crippen LogP contribution in [-0.2, 0) is 0 Å². The molecule has 0 unspecified atom stereocenters. The lowest BCUT2D eigenvalue weighted by atomic mass is 9.94. The van der Waals surface area contributed by atoms with Crippen LogP contribution >= 0.6 is 0 Å². The maximum atomic E-state index is 6.20. The molecule has 0 aromatic carbocycles. The molecule has 2 saturated carbocycles. The fourth-order valence-corrected chi connectivity index (χ4v) is 3.50. The molecule has 0 spiro atoms. The van der Waals surface area contributed by atoms with Gasteiger partial charge in [-0.1, -0.05) is 19.3 Å². The summed E-state index contributed by atoms with van der Waals surface area (Å²) in [5, 5.41) is 0. The zero-order valence-electron chi connectivity index (χ0n) is 11.0. The fraction of sp³-hybridized carbons (Fsp3) is 1.00. The van der Waals surface area contributed by atoms with Crippen LogP contribution in [0, 0.1) is 0 Å². The number of hydrogen-bond donors (Lipinski definition) is 1. The highest BCUT2D eigenvalue weighted by Gasteiger charge is 2.40. The van der Waals surface area contributed by atoms with Crippen molar-refractivity contribution >= 4 is 0 Å². The van der Waals surface area contributed by atoms with Crippen LogP contribution in [-0.4, -0.2) is 54.1 Å². The van der Waals surface area contributed by atoms with Crippen LogP contribution in [0.2, 0.25) is 0 Å². The molecule has 1 heterocycles. The molecule has 2 N–H and O–H groups in total. The lowest BCUT2D eigenvalue weighted by molar-refractivity contribution is 0.0748. The lowest BCUT2D eigenvalue weighted by Crippen LogP contribution is -2.53. The molecule has 0 amide bonds. The normalized spacial score (nSPS) is 31.6. The molecule has 0 atom stereocenters. The standard InChI is InChI=1S/C14H27N3/c15-14(6-7-14)12-16-8-10-17(11-9-16)13-4-2-1-3-5-13/h13H,1-12,15H2. The SMILES string of the molecule is NC1(CN2CCN(C3CCCCC3)CC2)CC1. The van der Waals surface area contributed by atoms with Gasteiger partial charge >= 0.3 is 0 Å². The van der Waals surface area contributed by atoms with E-state index in [1.807, 2.05) is 0 Å². The maximum absolute atomic E-state index is 6.20. The van der Waals surface area contributed by atoms with Gasteiger partial charge in [-0.3, -0.25) is 9.80 Å². The molecule has 3 aliphatic rings. The number of nitrogens with two attached hydrogens (primary N) is 1. The van der Waals surface area contributed by atoms with Gasteiger partial charge in [0, 0.05) is 44.3 Å². The Labute approximate surface area is 105 Å². The predicted molar refractivity (Wildman–Crippen MR) is 71.0 cm³/mol. The van der Waals surface area contributed by atoms with E-state index in [0.29, 0.717) is 0 Å². The molecule has 3 heteroatoms. The molecule has 0 aromatic rings. The average molecular weight is 237 g/mol. The number of nitrogens with zero attached hydrogens (tertiary/aromatic N) is 2. The molecule has 0 bridgehead atoms. The summed E-state index contributed by atoms with van der Waals surface area (Å²) in [5.41, 5.74) is 6.40. The largest absolute Gasteiger partial charge is 0.324 e. The van der Waals surface area contributed by atoms with Crippen molar-refractivity contribution in [2.45, 2.75) is 56.5 Å². The van der Waals surface area contributed by atoms with E-state index >= 15 is 0 Å². The zero-order chi connectivity index (χ0) is 11.7. The highest BCUT2D eigenvalue weighted by Crippen LogP contribution is 2.33. The molecule has 3 rings (SSSR count). The summed E-state index contributed by atoms with van der Waals surface area (Å²) >= 11 is 0. The minimum absolute atomic E-state index is 0.201. The second-order valence-corrected chi connectivity index (χ2v) is 6.47. The van der Waals surface area contributed by atoms with E-state index in [2.05, 4.69) is 9.80 Å². The van der Waals surface area contributed by atoms with Gasteiger partial charge in [0.2, 0.25) is 0 Å². The van der Waals surface area contributed by atoms with Crippen molar-refractivity contribution in [3.05, 3.63) is 0 Å². The van der Waals surface area contributed by atoms with Crippen LogP contribution in [0.15, 0.2) is 0 Å². The first-order valence-corrected chi connectivity index (χ1v) is 7.51. The van der Waals surface area contributed by atoms with Crippen molar-refractivity contribution in [1.29, 1.82) is 0 Å². The summed E-state index contributed by atoms with van der Waals surface area (Å²) in [6.45, 7) is 6.19. The van der Waals surface area contributed by atoms with Crippen molar-refractivity contribution in [2.24, 2.45) is 5.73 Å². The lowest BCUT2D eigenvalue weighted by Gasteiger charge is -2.41. The number of rotatable bonds is 3. The monoisotopic (exact) mass is 237 g/mol. The minimum atomic E-state index is 0.201. The number of hydrogen-bond acceptors (Lipinski definition) is 3. The van der Waals surface area contributed by atoms with Crippen LogP contribution < -0.4 is 5.73 Å². The average Bonchev–Trinajstić information content (AvgIpc) is 3.09. The Bertz CT molecular complexity index is 248. The first-order chi connectivity index (χ1) is 8.25. The van der Waals surface area contributed by atoms with Gasteiger partial charge in [-0.05, 0) is 25.7 Å². The van der Waals surface area contributed by atoms with Crippen LogP contribution in [0.5, 0.6) is 0 Å². The van der Waals surface area contributed by atoms with E-state index < -0.39 is 0 Å². The van der Waals surface area contributed by atoms with E-state index in [1.165, 1.54) is 71.1 Å². The second kappa shape index (κ2) is 4.87. The maximum Gasteiger partial charge on any atom is 0.0284 e. The van der Waals surface area contributed by atoms with E-state index in [9.17, 15) is 0 Å². The molecule has 1 saturated heterocycles. The van der Waals surface area contributed by atoms with Crippen molar-refractivity contribution in [2.75, 3.05) is 32.7 Å². The minimum Gasteiger partial charge on any atom is -0.324 e. The molecule has 0 aromatic heterocycles. The summed E-state index contributed by atoms with van der Waals surface area (Å²) in [4.78, 5) is 5.33. The highest BCUT2D eigenvalue weighted by molar-refractivity contribution is 5.01. The van der Waals surface area contributed by atoms with Gasteiger partial charge in [0.1, 0.15) is 0 Å². The Morgan fingerprint density at radius 1 is 0.941 bits per heavy atom. The second-order valence-electron chi connectivity index (χ2n) is 6.47. The summed E-state index contributed by atoms with van der Waals surface area (Å²) in [7, 11) is 0. The van der Waals surface area contributed by atoms with E-state index in [1.54, 1.807) is 0 Å². The first-order valence-electron chi connectivity index (χ1n) is 7.51. The highest BCUT2D eigenvalue weighted by atomic mass is 15.3. The van der Waals surface area contributed by atoms with Gasteiger partial charge < -0.3 is 5.73 Å². The van der Waals surface area contributed by atoms with Gasteiger partial charge in [-0.25, -0.2) is 0 Å². The summed E-state index contributed by atoms with van der Waals surface area (Å²) in [6, 6.07) is 0.902. The topological polar surface area (TPSA) is 32.5 Å². The molecular formula is C14H27N3. The van der Waals surface area contributed by atoms with Crippen LogP contribution in [0.1, 0.15) is 44.9 Å². The Morgan fingerprint density at radius 2 is 1.59 bits per heavy atom. The van der Waals surface area contributed by atoms with E-state index in [0.717, 1.165) is 12.6 Å². The molecular weight excluding hydrogens is 210 g/mol. The Hall–Kier alpha value is -0.120. The molecule has 3 fully saturated rings. The van der Waals surface area contributed by atoms with E-state index in [4.69, 9.17) is 5.73 Å².